The SMILES string of the molecule is Fc1cc(-c2ccccc2)cc(-c2ccccc2)c1N(c1ccccc1)c1ccc2ccc3ccc(N(c4ccccc4)c4c(F)cc(-c5ccccc5)cc4-c4ccccc4)c4c5ccccc5c1c2c34. The van der Waals surface area contributed by atoms with Gasteiger partial charge in [-0.3, -0.25) is 0 Å². The van der Waals surface area contributed by atoms with E-state index in [-0.39, 0.29) is 11.6 Å². The van der Waals surface area contributed by atoms with Gasteiger partial charge in [0, 0.05) is 44.0 Å². The van der Waals surface area contributed by atoms with Gasteiger partial charge in [-0.1, -0.05) is 206 Å². The Morgan fingerprint density at radius 3 is 0.917 bits per heavy atom. The number of fused-ring (bicyclic) bond motifs is 3. The lowest BCUT2D eigenvalue weighted by Gasteiger charge is -2.32. The van der Waals surface area contributed by atoms with Crippen molar-refractivity contribution in [2.75, 3.05) is 9.80 Å². The second-order valence-electron chi connectivity index (χ2n) is 18.2. The molecule has 0 amide bonds. The van der Waals surface area contributed by atoms with Crippen molar-refractivity contribution in [1.82, 2.24) is 0 Å². The normalized spacial score (nSPS) is 11.5. The minimum Gasteiger partial charge on any atom is -0.307 e. The average Bonchev–Trinajstić information content (AvgIpc) is 3.45. The lowest BCUT2D eigenvalue weighted by atomic mass is 9.86. The maximum absolute atomic E-state index is 17.9. The Bertz CT molecular complexity index is 3820. The van der Waals surface area contributed by atoms with Crippen LogP contribution in [0.15, 0.2) is 267 Å². The molecule has 72 heavy (non-hydrogen) atoms. The van der Waals surface area contributed by atoms with Gasteiger partial charge in [-0.25, -0.2) is 8.78 Å². The number of anilines is 6. The molecule has 0 aliphatic heterocycles. The summed E-state index contributed by atoms with van der Waals surface area (Å²) in [7, 11) is 0. The molecule has 0 radical (unpaired) electrons. The Labute approximate surface area is 416 Å². The molecule has 4 heteroatoms. The Morgan fingerprint density at radius 1 is 0.250 bits per heavy atom. The van der Waals surface area contributed by atoms with E-state index in [1.165, 1.54) is 0 Å². The topological polar surface area (TPSA) is 6.48 Å². The van der Waals surface area contributed by atoms with Crippen LogP contribution >= 0.6 is 0 Å². The van der Waals surface area contributed by atoms with Gasteiger partial charge in [0.2, 0.25) is 0 Å². The van der Waals surface area contributed by atoms with Crippen molar-refractivity contribution in [2.24, 2.45) is 0 Å². The lowest BCUT2D eigenvalue weighted by Crippen LogP contribution is -2.15. The van der Waals surface area contributed by atoms with E-state index in [9.17, 15) is 0 Å². The zero-order valence-electron chi connectivity index (χ0n) is 39.1. The molecule has 0 bridgehead atoms. The summed E-state index contributed by atoms with van der Waals surface area (Å²) in [6.07, 6.45) is 0. The zero-order chi connectivity index (χ0) is 48.1. The first-order valence-electron chi connectivity index (χ1n) is 24.3. The first-order chi connectivity index (χ1) is 35.6. The van der Waals surface area contributed by atoms with E-state index in [1.54, 1.807) is 12.1 Å². The number of rotatable bonds is 10. The molecule has 2 nitrogen and oxygen atoms in total. The largest absolute Gasteiger partial charge is 0.307 e. The highest BCUT2D eigenvalue weighted by atomic mass is 19.1. The van der Waals surface area contributed by atoms with E-state index in [1.807, 2.05) is 133 Å². The molecule has 0 aromatic heterocycles. The van der Waals surface area contributed by atoms with E-state index < -0.39 is 0 Å². The van der Waals surface area contributed by atoms with Gasteiger partial charge in [0.15, 0.2) is 0 Å². The molecule has 13 aromatic carbocycles. The molecule has 0 saturated carbocycles. The summed E-state index contributed by atoms with van der Waals surface area (Å²) in [5.74, 6) is -0.686. The number of nitrogens with zero attached hydrogens (tertiary/aromatic N) is 2. The fourth-order valence-corrected chi connectivity index (χ4v) is 10.9. The van der Waals surface area contributed by atoms with Crippen molar-refractivity contribution >= 4 is 77.2 Å². The van der Waals surface area contributed by atoms with Crippen LogP contribution in [0.2, 0.25) is 0 Å². The molecule has 13 rings (SSSR count). The van der Waals surface area contributed by atoms with Gasteiger partial charge in [0.05, 0.1) is 22.7 Å². The summed E-state index contributed by atoms with van der Waals surface area (Å²) < 4.78 is 35.8. The quantitative estimate of drug-likeness (QED) is 0.0996. The highest BCUT2D eigenvalue weighted by molar-refractivity contribution is 6.38. The summed E-state index contributed by atoms with van der Waals surface area (Å²) in [6, 6.07) is 89.5. The van der Waals surface area contributed by atoms with Gasteiger partial charge in [-0.15, -0.1) is 0 Å². The maximum Gasteiger partial charge on any atom is 0.148 e. The molecule has 0 unspecified atom stereocenters. The van der Waals surface area contributed by atoms with Crippen LogP contribution in [-0.4, -0.2) is 0 Å². The number of benzene rings is 13. The van der Waals surface area contributed by atoms with E-state index in [2.05, 4.69) is 131 Å². The molecular formula is C68H44F2N2. The van der Waals surface area contributed by atoms with E-state index >= 15 is 8.78 Å². The van der Waals surface area contributed by atoms with Crippen LogP contribution < -0.4 is 9.80 Å². The Hall–Kier alpha value is -9.38. The third-order valence-corrected chi connectivity index (χ3v) is 14.1. The smallest absolute Gasteiger partial charge is 0.148 e. The third kappa shape index (κ3) is 7.23. The molecule has 0 aliphatic rings. The van der Waals surface area contributed by atoms with Gasteiger partial charge in [0.1, 0.15) is 11.6 Å². The van der Waals surface area contributed by atoms with Crippen molar-refractivity contribution in [3.05, 3.63) is 279 Å². The average molecular weight is 927 g/mol. The van der Waals surface area contributed by atoms with Gasteiger partial charge in [-0.2, -0.15) is 0 Å². The van der Waals surface area contributed by atoms with Crippen LogP contribution in [-0.2, 0) is 0 Å². The fourth-order valence-electron chi connectivity index (χ4n) is 10.9. The van der Waals surface area contributed by atoms with Crippen LogP contribution in [0, 0.1) is 11.6 Å². The van der Waals surface area contributed by atoms with Crippen molar-refractivity contribution in [3.8, 4) is 44.5 Å². The standard InChI is InChI=1S/C68H44F2N2/c69-59-43-51(45-21-7-1-8-22-45)41-57(47-25-11-3-12-26-47)67(59)71(53-29-15-5-16-30-53)61-39-37-49-35-36-50-38-40-62(66-56-34-20-19-33-55(56)65(61)63(49)64(50)66)72(54-31-17-6-18-32-54)68-58(48-27-13-4-14-28-48)42-52(44-60(68)70)46-23-9-2-10-24-46/h1-44H. The van der Waals surface area contributed by atoms with Crippen LogP contribution in [0.4, 0.5) is 42.9 Å². The molecule has 0 heterocycles. The molecule has 0 N–H and O–H groups in total. The van der Waals surface area contributed by atoms with Crippen LogP contribution in [0.3, 0.4) is 0 Å². The van der Waals surface area contributed by atoms with E-state index in [4.69, 9.17) is 0 Å². The first-order valence-corrected chi connectivity index (χ1v) is 24.3. The second kappa shape index (κ2) is 17.9. The summed E-state index contributed by atoms with van der Waals surface area (Å²) >= 11 is 0. The number of hydrogen-bond acceptors (Lipinski definition) is 2. The lowest BCUT2D eigenvalue weighted by molar-refractivity contribution is 0.629. The highest BCUT2D eigenvalue weighted by Gasteiger charge is 2.30. The highest BCUT2D eigenvalue weighted by Crippen LogP contribution is 2.54. The first kappa shape index (κ1) is 42.7. The van der Waals surface area contributed by atoms with Crippen molar-refractivity contribution < 1.29 is 8.78 Å². The van der Waals surface area contributed by atoms with Crippen LogP contribution in [0.25, 0.3) is 87.6 Å². The summed E-state index contributed by atoms with van der Waals surface area (Å²) in [5, 5.41) is 8.13. The number of halogens is 2. The molecule has 0 atom stereocenters. The molecule has 0 saturated heterocycles. The maximum atomic E-state index is 17.9. The molecule has 0 aliphatic carbocycles. The summed E-state index contributed by atoms with van der Waals surface area (Å²) in [5.41, 5.74) is 11.0. The van der Waals surface area contributed by atoms with Crippen LogP contribution in [0.5, 0.6) is 0 Å². The molecule has 0 fully saturated rings. The minimum atomic E-state index is -0.343. The zero-order valence-corrected chi connectivity index (χ0v) is 39.1. The van der Waals surface area contributed by atoms with Gasteiger partial charge < -0.3 is 9.80 Å². The molecular weight excluding hydrogens is 883 g/mol. The van der Waals surface area contributed by atoms with Gasteiger partial charge in [0.25, 0.3) is 0 Å². The predicted octanol–water partition coefficient (Wildman–Crippen LogP) is 19.6. The minimum absolute atomic E-state index is 0.343. The van der Waals surface area contributed by atoms with Gasteiger partial charge in [-0.05, 0) is 116 Å². The summed E-state index contributed by atoms with van der Waals surface area (Å²) in [6.45, 7) is 0. The predicted molar refractivity (Wildman–Crippen MR) is 299 cm³/mol. The summed E-state index contributed by atoms with van der Waals surface area (Å²) in [4.78, 5) is 4.22. The van der Waals surface area contributed by atoms with Gasteiger partial charge >= 0.3 is 0 Å². The molecule has 340 valence electrons. The number of para-hydroxylation sites is 2. The Morgan fingerprint density at radius 2 is 0.556 bits per heavy atom. The van der Waals surface area contributed by atoms with E-state index in [0.717, 1.165) is 110 Å². The van der Waals surface area contributed by atoms with Crippen molar-refractivity contribution in [1.29, 1.82) is 0 Å². The fraction of sp³-hybridized carbons (Fsp3) is 0. The third-order valence-electron chi connectivity index (χ3n) is 14.1. The van der Waals surface area contributed by atoms with Crippen molar-refractivity contribution in [3.63, 3.8) is 0 Å². The monoisotopic (exact) mass is 926 g/mol. The Balaban J connectivity index is 1.13. The Kier molecular flexibility index (Phi) is 10.6. The molecule has 0 spiro atoms. The van der Waals surface area contributed by atoms with Crippen LogP contribution in [0.1, 0.15) is 0 Å². The second-order valence-corrected chi connectivity index (χ2v) is 18.2. The molecule has 13 aromatic rings. The number of hydrogen-bond donors (Lipinski definition) is 0. The van der Waals surface area contributed by atoms with Crippen molar-refractivity contribution in [2.45, 2.75) is 0 Å². The van der Waals surface area contributed by atoms with E-state index in [0.29, 0.717) is 11.4 Å².